The predicted molar refractivity (Wildman–Crippen MR) is 91.9 cm³/mol. The number of nitrogens with zero attached hydrogens (tertiary/aromatic N) is 4. The highest BCUT2D eigenvalue weighted by Crippen LogP contribution is 2.26. The van der Waals surface area contributed by atoms with E-state index in [1.54, 1.807) is 4.52 Å². The fourth-order valence-electron chi connectivity index (χ4n) is 3.12. The molecule has 2 aromatic rings. The Hall–Kier alpha value is -0.810. The standard InChI is InChI=1S/C16H23ClN4S/c1-22-16-19-15-18-13-11-9-7-5-3-2-4-6-8-10-12(13)14(17)21(15)20-16/h2-11H2,1H3. The predicted octanol–water partition coefficient (Wildman–Crippen LogP) is 4.72. The highest BCUT2D eigenvalue weighted by molar-refractivity contribution is 7.98. The normalized spacial score (nSPS) is 17.7. The Kier molecular flexibility index (Phi) is 5.58. The van der Waals surface area contributed by atoms with E-state index in [0.29, 0.717) is 10.9 Å². The molecule has 0 fully saturated rings. The third-order valence-electron chi connectivity index (χ3n) is 4.36. The van der Waals surface area contributed by atoms with Gasteiger partial charge in [0.25, 0.3) is 5.78 Å². The summed E-state index contributed by atoms with van der Waals surface area (Å²) in [4.78, 5) is 9.21. The second-order valence-corrected chi connectivity index (χ2v) is 7.10. The van der Waals surface area contributed by atoms with Crippen molar-refractivity contribution in [2.45, 2.75) is 69.4 Å². The number of rotatable bonds is 1. The van der Waals surface area contributed by atoms with Crippen molar-refractivity contribution < 1.29 is 0 Å². The minimum atomic E-state index is 0.639. The lowest BCUT2D eigenvalue weighted by molar-refractivity contribution is 0.556. The van der Waals surface area contributed by atoms with Gasteiger partial charge in [-0.2, -0.15) is 9.50 Å². The van der Waals surface area contributed by atoms with Crippen LogP contribution >= 0.6 is 23.4 Å². The fraction of sp³-hybridized carbons (Fsp3) is 0.688. The molecule has 0 radical (unpaired) electrons. The SMILES string of the molecule is CSc1nc2nc3c(c(Cl)n2n1)CCCCCCCCCC3. The van der Waals surface area contributed by atoms with Crippen LogP contribution in [0.1, 0.15) is 62.6 Å². The molecular formula is C16H23ClN4S. The van der Waals surface area contributed by atoms with Gasteiger partial charge < -0.3 is 0 Å². The first kappa shape index (κ1) is 16.1. The van der Waals surface area contributed by atoms with Crippen LogP contribution in [0, 0.1) is 0 Å². The van der Waals surface area contributed by atoms with Crippen molar-refractivity contribution in [3.05, 3.63) is 16.4 Å². The van der Waals surface area contributed by atoms with E-state index in [2.05, 4.69) is 10.1 Å². The number of hydrogen-bond acceptors (Lipinski definition) is 4. The van der Waals surface area contributed by atoms with E-state index >= 15 is 0 Å². The van der Waals surface area contributed by atoms with Gasteiger partial charge in [0.1, 0.15) is 5.15 Å². The van der Waals surface area contributed by atoms with Gasteiger partial charge in [0.2, 0.25) is 5.16 Å². The van der Waals surface area contributed by atoms with Crippen molar-refractivity contribution >= 4 is 29.1 Å². The van der Waals surface area contributed by atoms with Crippen molar-refractivity contribution in [2.24, 2.45) is 0 Å². The first-order valence-electron chi connectivity index (χ1n) is 8.27. The van der Waals surface area contributed by atoms with Crippen LogP contribution in [0.2, 0.25) is 5.15 Å². The molecule has 0 bridgehead atoms. The minimum Gasteiger partial charge on any atom is -0.216 e. The van der Waals surface area contributed by atoms with E-state index in [4.69, 9.17) is 16.6 Å². The van der Waals surface area contributed by atoms with E-state index in [9.17, 15) is 0 Å². The van der Waals surface area contributed by atoms with Gasteiger partial charge in [0, 0.05) is 5.56 Å². The van der Waals surface area contributed by atoms with Gasteiger partial charge in [0.05, 0.1) is 5.69 Å². The highest BCUT2D eigenvalue weighted by atomic mass is 35.5. The number of fused-ring (bicyclic) bond motifs is 2. The van der Waals surface area contributed by atoms with E-state index in [0.717, 1.165) is 23.7 Å². The molecule has 1 aliphatic carbocycles. The minimum absolute atomic E-state index is 0.639. The van der Waals surface area contributed by atoms with Crippen molar-refractivity contribution in [1.29, 1.82) is 0 Å². The Balaban J connectivity index is 1.96. The van der Waals surface area contributed by atoms with Crippen molar-refractivity contribution in [3.8, 4) is 0 Å². The largest absolute Gasteiger partial charge is 0.254 e. The molecule has 2 aromatic heterocycles. The molecule has 3 rings (SSSR count). The van der Waals surface area contributed by atoms with E-state index in [-0.39, 0.29) is 0 Å². The quantitative estimate of drug-likeness (QED) is 0.557. The van der Waals surface area contributed by atoms with Crippen molar-refractivity contribution in [1.82, 2.24) is 19.6 Å². The third kappa shape index (κ3) is 3.57. The molecular weight excluding hydrogens is 316 g/mol. The molecule has 6 heteroatoms. The summed E-state index contributed by atoms with van der Waals surface area (Å²) in [5.74, 6) is 0.639. The molecule has 1 aliphatic rings. The zero-order valence-electron chi connectivity index (χ0n) is 13.1. The molecule has 0 aromatic carbocycles. The van der Waals surface area contributed by atoms with Gasteiger partial charge in [-0.05, 0) is 31.9 Å². The average molecular weight is 339 g/mol. The Morgan fingerprint density at radius 1 is 0.909 bits per heavy atom. The maximum atomic E-state index is 6.63. The monoisotopic (exact) mass is 338 g/mol. The van der Waals surface area contributed by atoms with Gasteiger partial charge in [-0.3, -0.25) is 0 Å². The second kappa shape index (κ2) is 7.64. The van der Waals surface area contributed by atoms with Crippen molar-refractivity contribution in [2.75, 3.05) is 6.26 Å². The number of hydrogen-bond donors (Lipinski definition) is 0. The molecule has 22 heavy (non-hydrogen) atoms. The lowest BCUT2D eigenvalue weighted by Crippen LogP contribution is -2.06. The van der Waals surface area contributed by atoms with Gasteiger partial charge in [-0.15, -0.1) is 5.10 Å². The zero-order valence-corrected chi connectivity index (χ0v) is 14.7. The lowest BCUT2D eigenvalue weighted by atomic mass is 9.99. The van der Waals surface area contributed by atoms with Crippen LogP contribution in [-0.4, -0.2) is 25.8 Å². The average Bonchev–Trinajstić information content (AvgIpc) is 2.93. The second-order valence-electron chi connectivity index (χ2n) is 5.97. The van der Waals surface area contributed by atoms with E-state index < -0.39 is 0 Å². The molecule has 0 unspecified atom stereocenters. The molecule has 0 saturated heterocycles. The molecule has 0 amide bonds. The van der Waals surface area contributed by atoms with Crippen LogP contribution < -0.4 is 0 Å². The number of aryl methyl sites for hydroxylation is 1. The summed E-state index contributed by atoms with van der Waals surface area (Å²) in [5.41, 5.74) is 2.32. The van der Waals surface area contributed by atoms with Crippen LogP contribution in [0.3, 0.4) is 0 Å². The van der Waals surface area contributed by atoms with E-state index in [1.165, 1.54) is 68.7 Å². The third-order valence-corrected chi connectivity index (χ3v) is 5.29. The maximum Gasteiger partial charge on any atom is 0.254 e. The topological polar surface area (TPSA) is 43.1 Å². The summed E-state index contributed by atoms with van der Waals surface area (Å²) >= 11 is 8.16. The molecule has 4 nitrogen and oxygen atoms in total. The summed E-state index contributed by atoms with van der Waals surface area (Å²) in [6, 6.07) is 0. The van der Waals surface area contributed by atoms with Gasteiger partial charge in [0.15, 0.2) is 0 Å². The Morgan fingerprint density at radius 2 is 1.55 bits per heavy atom. The summed E-state index contributed by atoms with van der Waals surface area (Å²) in [5, 5.41) is 5.89. The molecule has 0 spiro atoms. The first-order chi connectivity index (χ1) is 10.8. The molecule has 120 valence electrons. The lowest BCUT2D eigenvalue weighted by Gasteiger charge is -2.13. The van der Waals surface area contributed by atoms with E-state index in [1.807, 2.05) is 6.26 Å². The molecule has 0 atom stereocenters. The summed E-state index contributed by atoms with van der Waals surface area (Å²) < 4.78 is 1.71. The fourth-order valence-corrected chi connectivity index (χ4v) is 3.77. The molecule has 0 saturated carbocycles. The first-order valence-corrected chi connectivity index (χ1v) is 9.88. The Bertz CT molecular complexity index is 641. The summed E-state index contributed by atoms with van der Waals surface area (Å²) in [6.45, 7) is 0. The van der Waals surface area contributed by atoms with Gasteiger partial charge >= 0.3 is 0 Å². The van der Waals surface area contributed by atoms with Crippen LogP contribution in [0.5, 0.6) is 0 Å². The van der Waals surface area contributed by atoms with Crippen LogP contribution in [0.4, 0.5) is 0 Å². The molecule has 0 N–H and O–H groups in total. The Morgan fingerprint density at radius 3 is 2.23 bits per heavy atom. The van der Waals surface area contributed by atoms with Crippen LogP contribution in [0.15, 0.2) is 5.16 Å². The highest BCUT2D eigenvalue weighted by Gasteiger charge is 2.16. The zero-order chi connectivity index (χ0) is 15.4. The smallest absolute Gasteiger partial charge is 0.216 e. The summed E-state index contributed by atoms with van der Waals surface area (Å²) in [7, 11) is 0. The maximum absolute atomic E-state index is 6.63. The van der Waals surface area contributed by atoms with Crippen LogP contribution in [-0.2, 0) is 12.8 Å². The number of thioether (sulfide) groups is 1. The van der Waals surface area contributed by atoms with Gasteiger partial charge in [-0.25, -0.2) is 4.98 Å². The number of halogens is 1. The number of aromatic nitrogens is 4. The summed E-state index contributed by atoms with van der Waals surface area (Å²) in [6.07, 6.45) is 14.3. The van der Waals surface area contributed by atoms with Crippen LogP contribution in [0.25, 0.3) is 5.78 Å². The van der Waals surface area contributed by atoms with Gasteiger partial charge in [-0.1, -0.05) is 61.9 Å². The Labute approximate surface area is 141 Å². The molecule has 0 aliphatic heterocycles. The molecule has 2 heterocycles. The van der Waals surface area contributed by atoms with Crippen molar-refractivity contribution in [3.63, 3.8) is 0 Å².